The number of nitro groups is 1. The maximum Gasteiger partial charge on any atom is 0.573 e. The van der Waals surface area contributed by atoms with Gasteiger partial charge in [-0.1, -0.05) is 0 Å². The van der Waals surface area contributed by atoms with Gasteiger partial charge in [-0.3, -0.25) is 10.1 Å². The highest BCUT2D eigenvalue weighted by Gasteiger charge is 2.33. The zero-order chi connectivity index (χ0) is 12.5. The molecule has 0 fully saturated rings. The van der Waals surface area contributed by atoms with Crippen molar-refractivity contribution in [2.24, 2.45) is 0 Å². The van der Waals surface area contributed by atoms with E-state index >= 15 is 0 Å². The van der Waals surface area contributed by atoms with Crippen LogP contribution in [0.3, 0.4) is 0 Å². The highest BCUT2D eigenvalue weighted by molar-refractivity contribution is 5.44. The molecule has 0 unspecified atom stereocenters. The predicted octanol–water partition coefficient (Wildman–Crippen LogP) is 2.94. The second-order valence-corrected chi connectivity index (χ2v) is 2.86. The quantitative estimate of drug-likeness (QED) is 0.453. The molecule has 0 saturated carbocycles. The van der Waals surface area contributed by atoms with Crippen LogP contribution in [0.1, 0.15) is 5.56 Å². The number of hydrogen-bond donors (Lipinski definition) is 0. The molecule has 1 rings (SSSR count). The molecular weight excluding hydrogens is 234 g/mol. The minimum atomic E-state index is -5.02. The second kappa shape index (κ2) is 3.95. The van der Waals surface area contributed by atoms with Gasteiger partial charge in [0.15, 0.2) is 0 Å². The highest BCUT2D eigenvalue weighted by atomic mass is 19.4. The Morgan fingerprint density at radius 1 is 1.38 bits per heavy atom. The van der Waals surface area contributed by atoms with Crippen LogP contribution >= 0.6 is 0 Å². The minimum Gasteiger partial charge on any atom is -0.405 e. The Balaban J connectivity index is 3.22. The van der Waals surface area contributed by atoms with E-state index in [0.29, 0.717) is 12.1 Å². The van der Waals surface area contributed by atoms with Crippen molar-refractivity contribution in [2.75, 3.05) is 0 Å². The van der Waals surface area contributed by atoms with E-state index < -0.39 is 34.1 Å². The van der Waals surface area contributed by atoms with Gasteiger partial charge < -0.3 is 4.74 Å². The summed E-state index contributed by atoms with van der Waals surface area (Å²) in [5.74, 6) is -2.05. The number of hydrogen-bond acceptors (Lipinski definition) is 3. The second-order valence-electron chi connectivity index (χ2n) is 2.86. The fourth-order valence-corrected chi connectivity index (χ4v) is 0.976. The number of non-ortho nitro benzene ring substituents is 1. The van der Waals surface area contributed by atoms with Crippen molar-refractivity contribution in [2.45, 2.75) is 13.3 Å². The molecule has 0 radical (unpaired) electrons. The lowest BCUT2D eigenvalue weighted by Crippen LogP contribution is -2.18. The Bertz CT molecular complexity index is 430. The number of benzene rings is 1. The molecule has 0 N–H and O–H groups in total. The molecule has 1 aromatic carbocycles. The summed E-state index contributed by atoms with van der Waals surface area (Å²) in [7, 11) is 0. The van der Waals surface area contributed by atoms with E-state index in [4.69, 9.17) is 0 Å². The van der Waals surface area contributed by atoms with Crippen LogP contribution in [0.25, 0.3) is 0 Å². The van der Waals surface area contributed by atoms with E-state index in [2.05, 4.69) is 4.74 Å². The molecule has 1 aromatic rings. The van der Waals surface area contributed by atoms with Crippen molar-refractivity contribution in [1.29, 1.82) is 0 Å². The lowest BCUT2D eigenvalue weighted by atomic mass is 10.2. The molecule has 0 aromatic heterocycles. The lowest BCUT2D eigenvalue weighted by Gasteiger charge is -2.11. The largest absolute Gasteiger partial charge is 0.573 e. The molecule has 88 valence electrons. The van der Waals surface area contributed by atoms with Crippen LogP contribution in [0, 0.1) is 22.9 Å². The number of rotatable bonds is 2. The molecule has 8 heteroatoms. The van der Waals surface area contributed by atoms with Crippen LogP contribution in [0.5, 0.6) is 5.75 Å². The Morgan fingerprint density at radius 2 is 1.94 bits per heavy atom. The van der Waals surface area contributed by atoms with E-state index in [0.717, 1.165) is 6.92 Å². The number of alkyl halides is 3. The van der Waals surface area contributed by atoms with Crippen molar-refractivity contribution in [3.63, 3.8) is 0 Å². The summed E-state index contributed by atoms with van der Waals surface area (Å²) < 4.78 is 52.1. The Hall–Kier alpha value is -1.86. The summed E-state index contributed by atoms with van der Waals surface area (Å²) in [6.45, 7) is 1.03. The van der Waals surface area contributed by atoms with Crippen LogP contribution in [0.4, 0.5) is 23.2 Å². The number of halogens is 4. The Morgan fingerprint density at radius 3 is 2.38 bits per heavy atom. The average molecular weight is 239 g/mol. The maximum absolute atomic E-state index is 13.0. The lowest BCUT2D eigenvalue weighted by molar-refractivity contribution is -0.385. The molecule has 4 nitrogen and oxygen atoms in total. The standard InChI is InChI=1S/C8H5F4NO3/c1-4-6(9)2-5(13(14)15)3-7(4)16-8(10,11)12/h2-3H,1H3. The first kappa shape index (κ1) is 12.2. The zero-order valence-electron chi connectivity index (χ0n) is 7.84. The van der Waals surface area contributed by atoms with E-state index in [9.17, 15) is 27.7 Å². The van der Waals surface area contributed by atoms with Gasteiger partial charge >= 0.3 is 6.36 Å². The van der Waals surface area contributed by atoms with Crippen LogP contribution in [0.2, 0.25) is 0 Å². The van der Waals surface area contributed by atoms with Crippen LogP contribution in [-0.2, 0) is 0 Å². The SMILES string of the molecule is Cc1c(F)cc([N+](=O)[O-])cc1OC(F)(F)F. The summed E-state index contributed by atoms with van der Waals surface area (Å²) in [6, 6.07) is 1.05. The fraction of sp³-hybridized carbons (Fsp3) is 0.250. The minimum absolute atomic E-state index is 0.442. The molecule has 0 aliphatic carbocycles. The number of ether oxygens (including phenoxy) is 1. The fourth-order valence-electron chi connectivity index (χ4n) is 0.976. The molecule has 0 heterocycles. The third-order valence-electron chi connectivity index (χ3n) is 1.72. The molecular formula is C8H5F4NO3. The van der Waals surface area contributed by atoms with Gasteiger partial charge in [0.1, 0.15) is 11.6 Å². The van der Waals surface area contributed by atoms with Gasteiger partial charge in [-0.15, -0.1) is 13.2 Å². The van der Waals surface area contributed by atoms with E-state index in [1.807, 2.05) is 0 Å². The molecule has 0 bridgehead atoms. The van der Waals surface area contributed by atoms with Crippen LogP contribution in [0.15, 0.2) is 12.1 Å². The van der Waals surface area contributed by atoms with Gasteiger partial charge in [0, 0.05) is 5.56 Å². The summed E-state index contributed by atoms with van der Waals surface area (Å²) >= 11 is 0. The molecule has 0 saturated heterocycles. The van der Waals surface area contributed by atoms with Crippen LogP contribution < -0.4 is 4.74 Å². The zero-order valence-corrected chi connectivity index (χ0v) is 7.84. The van der Waals surface area contributed by atoms with Gasteiger partial charge in [0.25, 0.3) is 5.69 Å². The molecule has 16 heavy (non-hydrogen) atoms. The third kappa shape index (κ3) is 2.81. The Labute approximate surface area is 86.6 Å². The van der Waals surface area contributed by atoms with E-state index in [1.54, 1.807) is 0 Å². The topological polar surface area (TPSA) is 52.4 Å². The van der Waals surface area contributed by atoms with Gasteiger partial charge in [0.2, 0.25) is 0 Å². The van der Waals surface area contributed by atoms with Crippen LogP contribution in [-0.4, -0.2) is 11.3 Å². The molecule has 0 aliphatic heterocycles. The van der Waals surface area contributed by atoms with Crippen molar-refractivity contribution >= 4 is 5.69 Å². The predicted molar refractivity (Wildman–Crippen MR) is 44.5 cm³/mol. The normalized spacial score (nSPS) is 11.3. The van der Waals surface area contributed by atoms with Crippen molar-refractivity contribution in [1.82, 2.24) is 0 Å². The summed E-state index contributed by atoms with van der Waals surface area (Å²) in [6.07, 6.45) is -5.02. The third-order valence-corrected chi connectivity index (χ3v) is 1.72. The van der Waals surface area contributed by atoms with Gasteiger partial charge in [0.05, 0.1) is 17.1 Å². The molecule has 0 aliphatic rings. The van der Waals surface area contributed by atoms with Crippen molar-refractivity contribution < 1.29 is 27.2 Å². The highest BCUT2D eigenvalue weighted by Crippen LogP contribution is 2.31. The summed E-state index contributed by atoms with van der Waals surface area (Å²) in [5, 5.41) is 10.3. The van der Waals surface area contributed by atoms with Gasteiger partial charge in [-0.25, -0.2) is 4.39 Å². The molecule has 0 spiro atoms. The molecule has 0 amide bonds. The molecule has 0 atom stereocenters. The Kier molecular flexibility index (Phi) is 3.02. The maximum atomic E-state index is 13.0. The summed E-state index contributed by atoms with van der Waals surface area (Å²) in [5.41, 5.74) is -1.25. The first-order valence-electron chi connectivity index (χ1n) is 3.91. The van der Waals surface area contributed by atoms with E-state index in [1.165, 1.54) is 0 Å². The monoisotopic (exact) mass is 239 g/mol. The average Bonchev–Trinajstić information content (AvgIpc) is 2.10. The number of nitro benzene ring substituents is 1. The summed E-state index contributed by atoms with van der Waals surface area (Å²) in [4.78, 5) is 9.28. The smallest absolute Gasteiger partial charge is 0.405 e. The van der Waals surface area contributed by atoms with E-state index in [-0.39, 0.29) is 0 Å². The first-order valence-corrected chi connectivity index (χ1v) is 3.91. The van der Waals surface area contributed by atoms with Crippen molar-refractivity contribution in [3.8, 4) is 5.75 Å². The van der Waals surface area contributed by atoms with Crippen molar-refractivity contribution in [3.05, 3.63) is 33.6 Å². The van der Waals surface area contributed by atoms with Gasteiger partial charge in [-0.05, 0) is 6.92 Å². The van der Waals surface area contributed by atoms with Gasteiger partial charge in [-0.2, -0.15) is 0 Å². The first-order chi connectivity index (χ1) is 7.20. The number of nitrogens with zero attached hydrogens (tertiary/aromatic N) is 1.